The van der Waals surface area contributed by atoms with Gasteiger partial charge < -0.3 is 20.1 Å². The molecule has 0 saturated carbocycles. The van der Waals surface area contributed by atoms with Crippen molar-refractivity contribution in [1.82, 2.24) is 10.6 Å². The van der Waals surface area contributed by atoms with Crippen molar-refractivity contribution in [3.63, 3.8) is 0 Å². The number of hydrogen-bond acceptors (Lipinski definition) is 4. The van der Waals surface area contributed by atoms with E-state index in [2.05, 4.69) is 10.6 Å². The molecule has 1 fully saturated rings. The molecule has 2 aliphatic heterocycles. The van der Waals surface area contributed by atoms with Crippen molar-refractivity contribution in [2.45, 2.75) is 25.1 Å². The predicted molar refractivity (Wildman–Crippen MR) is 74.5 cm³/mol. The van der Waals surface area contributed by atoms with E-state index in [9.17, 15) is 4.79 Å². The van der Waals surface area contributed by atoms with Crippen molar-refractivity contribution in [2.75, 3.05) is 26.9 Å². The van der Waals surface area contributed by atoms with E-state index in [4.69, 9.17) is 9.47 Å². The van der Waals surface area contributed by atoms with Crippen LogP contribution in [0.25, 0.3) is 0 Å². The highest BCUT2D eigenvalue weighted by atomic mass is 16.5. The van der Waals surface area contributed by atoms with Crippen molar-refractivity contribution < 1.29 is 14.3 Å². The van der Waals surface area contributed by atoms with Crippen LogP contribution in [0.4, 0.5) is 0 Å². The van der Waals surface area contributed by atoms with Gasteiger partial charge in [-0.1, -0.05) is 6.07 Å². The third-order valence-electron chi connectivity index (χ3n) is 4.17. The highest BCUT2D eigenvalue weighted by Crippen LogP contribution is 2.22. The summed E-state index contributed by atoms with van der Waals surface area (Å²) in [5.74, 6) is -0.0528. The number of amides is 1. The number of fused-ring (bicyclic) bond motifs is 1. The number of hydrogen-bond donors (Lipinski definition) is 2. The fourth-order valence-electron chi connectivity index (χ4n) is 2.74. The van der Waals surface area contributed by atoms with Crippen LogP contribution in [-0.4, -0.2) is 38.4 Å². The summed E-state index contributed by atoms with van der Waals surface area (Å²) in [6, 6.07) is 5.87. The largest absolute Gasteiger partial charge is 0.378 e. The molecule has 1 aromatic carbocycles. The Kier molecular flexibility index (Phi) is 3.74. The van der Waals surface area contributed by atoms with Gasteiger partial charge in [0.2, 0.25) is 0 Å². The molecule has 2 aliphatic rings. The summed E-state index contributed by atoms with van der Waals surface area (Å²) < 4.78 is 10.9. The van der Waals surface area contributed by atoms with Crippen molar-refractivity contribution in [3.05, 3.63) is 34.9 Å². The molecule has 20 heavy (non-hydrogen) atoms. The third-order valence-corrected chi connectivity index (χ3v) is 4.17. The molecule has 0 spiro atoms. The highest BCUT2D eigenvalue weighted by Gasteiger charge is 2.35. The number of benzene rings is 1. The molecule has 1 atom stereocenters. The number of ether oxygens (including phenoxy) is 2. The second-order valence-corrected chi connectivity index (χ2v) is 5.46. The van der Waals surface area contributed by atoms with Gasteiger partial charge in [-0.25, -0.2) is 0 Å². The second kappa shape index (κ2) is 5.52. The summed E-state index contributed by atoms with van der Waals surface area (Å²) in [5, 5.41) is 6.24. The van der Waals surface area contributed by atoms with Crippen LogP contribution < -0.4 is 10.6 Å². The van der Waals surface area contributed by atoms with Gasteiger partial charge in [-0.3, -0.25) is 4.79 Å². The molecule has 5 nitrogen and oxygen atoms in total. The third kappa shape index (κ3) is 2.57. The minimum atomic E-state index is -0.367. The summed E-state index contributed by atoms with van der Waals surface area (Å²) in [6.07, 6.45) is 0.817. The molecule has 5 heteroatoms. The van der Waals surface area contributed by atoms with E-state index in [1.54, 1.807) is 7.11 Å². The molecule has 0 radical (unpaired) electrons. The molecular weight excluding hydrogens is 256 g/mol. The van der Waals surface area contributed by atoms with Crippen molar-refractivity contribution in [1.29, 1.82) is 0 Å². The van der Waals surface area contributed by atoms with Gasteiger partial charge >= 0.3 is 0 Å². The molecule has 3 rings (SSSR count). The first-order valence-corrected chi connectivity index (χ1v) is 6.96. The van der Waals surface area contributed by atoms with Gasteiger partial charge in [0.1, 0.15) is 5.60 Å². The topological polar surface area (TPSA) is 59.6 Å². The zero-order valence-electron chi connectivity index (χ0n) is 11.7. The first-order valence-electron chi connectivity index (χ1n) is 6.96. The first-order chi connectivity index (χ1) is 9.72. The van der Waals surface area contributed by atoms with Gasteiger partial charge in [0.25, 0.3) is 5.91 Å². The van der Waals surface area contributed by atoms with Gasteiger partial charge in [0, 0.05) is 45.3 Å². The van der Waals surface area contributed by atoms with Crippen LogP contribution in [0.3, 0.4) is 0 Å². The predicted octanol–water partition coefficient (Wildman–Crippen LogP) is 0.825. The van der Waals surface area contributed by atoms with Gasteiger partial charge in [-0.15, -0.1) is 0 Å². The van der Waals surface area contributed by atoms with E-state index in [1.165, 1.54) is 11.1 Å². The Balaban J connectivity index is 1.64. The van der Waals surface area contributed by atoms with E-state index >= 15 is 0 Å². The minimum absolute atomic E-state index is 0.0528. The fraction of sp³-hybridized carbons (Fsp3) is 0.533. The molecule has 0 aliphatic carbocycles. The first kappa shape index (κ1) is 13.5. The van der Waals surface area contributed by atoms with Gasteiger partial charge in [-0.2, -0.15) is 0 Å². The molecule has 1 unspecified atom stereocenters. The van der Waals surface area contributed by atoms with Crippen LogP contribution in [0.15, 0.2) is 18.2 Å². The maximum Gasteiger partial charge on any atom is 0.251 e. The zero-order valence-corrected chi connectivity index (χ0v) is 11.7. The van der Waals surface area contributed by atoms with Crippen LogP contribution in [0.1, 0.15) is 27.9 Å². The van der Waals surface area contributed by atoms with E-state index in [-0.39, 0.29) is 11.5 Å². The molecule has 1 amide bonds. The normalized spacial score (nSPS) is 24.6. The smallest absolute Gasteiger partial charge is 0.251 e. The van der Waals surface area contributed by atoms with E-state index in [0.29, 0.717) is 25.3 Å². The lowest BCUT2D eigenvalue weighted by Crippen LogP contribution is -2.45. The fourth-order valence-corrected chi connectivity index (χ4v) is 2.74. The van der Waals surface area contributed by atoms with Crippen LogP contribution in [0, 0.1) is 0 Å². The monoisotopic (exact) mass is 276 g/mol. The highest BCUT2D eigenvalue weighted by molar-refractivity contribution is 5.94. The Morgan fingerprint density at radius 2 is 2.30 bits per heavy atom. The van der Waals surface area contributed by atoms with Gasteiger partial charge in [0.15, 0.2) is 0 Å². The van der Waals surface area contributed by atoms with Crippen molar-refractivity contribution >= 4 is 5.91 Å². The minimum Gasteiger partial charge on any atom is -0.378 e. The van der Waals surface area contributed by atoms with Crippen LogP contribution in [0.2, 0.25) is 0 Å². The Morgan fingerprint density at radius 3 is 3.05 bits per heavy atom. The number of nitrogens with one attached hydrogen (secondary N) is 2. The molecule has 108 valence electrons. The second-order valence-electron chi connectivity index (χ2n) is 5.46. The summed E-state index contributed by atoms with van der Waals surface area (Å²) in [7, 11) is 1.67. The summed E-state index contributed by atoms with van der Waals surface area (Å²) >= 11 is 0. The zero-order chi connectivity index (χ0) is 14.0. The molecule has 2 N–H and O–H groups in total. The summed E-state index contributed by atoms with van der Waals surface area (Å²) in [6.45, 7) is 3.44. The van der Waals surface area contributed by atoms with Crippen molar-refractivity contribution in [3.8, 4) is 0 Å². The van der Waals surface area contributed by atoms with Gasteiger partial charge in [-0.05, 0) is 23.3 Å². The lowest BCUT2D eigenvalue weighted by molar-refractivity contribution is -0.0148. The lowest BCUT2D eigenvalue weighted by atomic mass is 10.0. The molecule has 1 aromatic rings. The number of carbonyl (C=O) groups excluding carboxylic acids is 1. The average molecular weight is 276 g/mol. The Labute approximate surface area is 118 Å². The van der Waals surface area contributed by atoms with Crippen molar-refractivity contribution in [2.24, 2.45) is 0 Å². The van der Waals surface area contributed by atoms with E-state index < -0.39 is 0 Å². The molecular formula is C15H20N2O3. The van der Waals surface area contributed by atoms with Crippen LogP contribution in [-0.2, 0) is 22.6 Å². The average Bonchev–Trinajstić information content (AvgIpc) is 3.13. The molecule has 0 aromatic heterocycles. The van der Waals surface area contributed by atoms with E-state index in [0.717, 1.165) is 19.5 Å². The van der Waals surface area contributed by atoms with E-state index in [1.807, 2.05) is 18.2 Å². The molecule has 1 saturated heterocycles. The Hall–Kier alpha value is -1.43. The summed E-state index contributed by atoms with van der Waals surface area (Å²) in [4.78, 5) is 12.2. The lowest BCUT2D eigenvalue weighted by Gasteiger charge is -2.25. The van der Waals surface area contributed by atoms with Crippen LogP contribution in [0.5, 0.6) is 0 Å². The maximum atomic E-state index is 12.2. The Morgan fingerprint density at radius 1 is 1.45 bits per heavy atom. The van der Waals surface area contributed by atoms with Crippen LogP contribution >= 0.6 is 0 Å². The standard InChI is InChI=1S/C15H20N2O3/c1-19-15(4-5-20-10-15)9-17-14(18)11-2-3-12-7-16-8-13(12)6-11/h2-3,6,16H,4-5,7-10H2,1H3,(H,17,18). The Bertz CT molecular complexity index is 510. The van der Waals surface area contributed by atoms with Gasteiger partial charge in [0.05, 0.1) is 6.61 Å². The SMILES string of the molecule is COC1(CNC(=O)c2ccc3c(c2)CNC3)CCOC1. The number of rotatable bonds is 4. The maximum absolute atomic E-state index is 12.2. The molecule has 0 bridgehead atoms. The quantitative estimate of drug-likeness (QED) is 0.855. The number of carbonyl (C=O) groups is 1. The number of methoxy groups -OCH3 is 1. The molecule has 2 heterocycles. The summed E-state index contributed by atoms with van der Waals surface area (Å²) in [5.41, 5.74) is 2.83.